The van der Waals surface area contributed by atoms with Crippen LogP contribution in [0.4, 0.5) is 0 Å². The molecule has 0 saturated heterocycles. The van der Waals surface area contributed by atoms with Gasteiger partial charge in [-0.15, -0.1) is 11.6 Å². The second-order valence-corrected chi connectivity index (χ2v) is 5.64. The summed E-state index contributed by atoms with van der Waals surface area (Å²) in [5.74, 6) is 1.28. The first-order valence-electron chi connectivity index (χ1n) is 6.09. The zero-order chi connectivity index (χ0) is 13.4. The van der Waals surface area contributed by atoms with Crippen molar-refractivity contribution in [3.8, 4) is 0 Å². The number of pyridine rings is 1. The molecule has 3 nitrogen and oxygen atoms in total. The van der Waals surface area contributed by atoms with Gasteiger partial charge in [0.05, 0.1) is 12.4 Å². The molecule has 3 aromatic rings. The molecule has 0 saturated carbocycles. The minimum absolute atomic E-state index is 0.402. The third-order valence-electron chi connectivity index (χ3n) is 3.32. The summed E-state index contributed by atoms with van der Waals surface area (Å²) in [5.41, 5.74) is 5.61. The van der Waals surface area contributed by atoms with E-state index in [0.29, 0.717) is 5.88 Å². The fourth-order valence-corrected chi connectivity index (χ4v) is 3.22. The van der Waals surface area contributed by atoms with Crippen LogP contribution in [0.1, 0.15) is 22.5 Å². The van der Waals surface area contributed by atoms with E-state index in [2.05, 4.69) is 39.1 Å². The zero-order valence-corrected chi connectivity index (χ0v) is 12.4. The Hall–Kier alpha value is -1.39. The van der Waals surface area contributed by atoms with Crippen molar-refractivity contribution in [2.24, 2.45) is 0 Å². The van der Waals surface area contributed by atoms with E-state index in [4.69, 9.17) is 11.6 Å². The first kappa shape index (κ1) is 12.6. The van der Waals surface area contributed by atoms with E-state index < -0.39 is 0 Å². The van der Waals surface area contributed by atoms with Crippen LogP contribution in [0.25, 0.3) is 11.2 Å². The molecule has 0 amide bonds. The summed E-state index contributed by atoms with van der Waals surface area (Å²) >= 11 is 7.75. The molecule has 0 atom stereocenters. The van der Waals surface area contributed by atoms with E-state index in [9.17, 15) is 0 Å². The SMILES string of the molecule is Cc1cscc1Cn1c(CCl)nc2c(C)ccnc21. The van der Waals surface area contributed by atoms with Crippen molar-refractivity contribution in [3.63, 3.8) is 0 Å². The molecule has 3 aromatic heterocycles. The van der Waals surface area contributed by atoms with Crippen molar-refractivity contribution in [3.05, 3.63) is 45.5 Å². The molecule has 0 bridgehead atoms. The zero-order valence-electron chi connectivity index (χ0n) is 10.9. The van der Waals surface area contributed by atoms with E-state index in [0.717, 1.165) is 29.1 Å². The molecule has 0 N–H and O–H groups in total. The van der Waals surface area contributed by atoms with Gasteiger partial charge >= 0.3 is 0 Å². The van der Waals surface area contributed by atoms with Crippen LogP contribution < -0.4 is 0 Å². The van der Waals surface area contributed by atoms with Crippen LogP contribution in [0.2, 0.25) is 0 Å². The molecule has 0 radical (unpaired) electrons. The van der Waals surface area contributed by atoms with E-state index >= 15 is 0 Å². The van der Waals surface area contributed by atoms with Gasteiger partial charge in [0.15, 0.2) is 5.65 Å². The van der Waals surface area contributed by atoms with E-state index in [-0.39, 0.29) is 0 Å². The maximum atomic E-state index is 6.03. The average Bonchev–Trinajstić information content (AvgIpc) is 2.96. The minimum atomic E-state index is 0.402. The lowest BCUT2D eigenvalue weighted by Gasteiger charge is -2.06. The molecule has 0 aliphatic heterocycles. The largest absolute Gasteiger partial charge is 0.307 e. The van der Waals surface area contributed by atoms with Gasteiger partial charge < -0.3 is 4.57 Å². The molecule has 0 aromatic carbocycles. The van der Waals surface area contributed by atoms with Crippen LogP contribution >= 0.6 is 22.9 Å². The van der Waals surface area contributed by atoms with Crippen molar-refractivity contribution in [1.82, 2.24) is 14.5 Å². The van der Waals surface area contributed by atoms with Gasteiger partial charge in [0, 0.05) is 6.20 Å². The third kappa shape index (κ3) is 2.15. The Morgan fingerprint density at radius 2 is 2.11 bits per heavy atom. The molecule has 5 heteroatoms. The maximum absolute atomic E-state index is 6.03. The minimum Gasteiger partial charge on any atom is -0.307 e. The van der Waals surface area contributed by atoms with Gasteiger partial charge in [0.1, 0.15) is 11.3 Å². The van der Waals surface area contributed by atoms with E-state index in [1.807, 2.05) is 12.3 Å². The lowest BCUT2D eigenvalue weighted by Crippen LogP contribution is -2.04. The van der Waals surface area contributed by atoms with Gasteiger partial charge in [0.2, 0.25) is 0 Å². The van der Waals surface area contributed by atoms with Gasteiger partial charge in [-0.1, -0.05) is 0 Å². The standard InChI is InChI=1S/C14H14ClN3S/c1-9-3-4-16-14-13(9)17-12(5-15)18(14)6-11-8-19-7-10(11)2/h3-4,7-8H,5-6H2,1-2H3. The Kier molecular flexibility index (Phi) is 3.29. The molecule has 0 unspecified atom stereocenters. The Morgan fingerprint density at radius 3 is 2.79 bits per heavy atom. The topological polar surface area (TPSA) is 30.7 Å². The summed E-state index contributed by atoms with van der Waals surface area (Å²) in [7, 11) is 0. The Morgan fingerprint density at radius 1 is 1.26 bits per heavy atom. The first-order valence-corrected chi connectivity index (χ1v) is 7.56. The summed E-state index contributed by atoms with van der Waals surface area (Å²) in [6.07, 6.45) is 1.83. The van der Waals surface area contributed by atoms with Crippen LogP contribution in [0.5, 0.6) is 0 Å². The fourth-order valence-electron chi connectivity index (χ4n) is 2.17. The van der Waals surface area contributed by atoms with Crippen molar-refractivity contribution in [1.29, 1.82) is 0 Å². The normalized spacial score (nSPS) is 11.3. The molecule has 98 valence electrons. The molecule has 0 aliphatic rings. The van der Waals surface area contributed by atoms with Crippen molar-refractivity contribution >= 4 is 34.1 Å². The van der Waals surface area contributed by atoms with Gasteiger partial charge in [-0.2, -0.15) is 11.3 Å². The fraction of sp³-hybridized carbons (Fsp3) is 0.286. The molecule has 3 rings (SSSR count). The monoisotopic (exact) mass is 291 g/mol. The summed E-state index contributed by atoms with van der Waals surface area (Å²) in [6.45, 7) is 4.96. The van der Waals surface area contributed by atoms with E-state index in [1.165, 1.54) is 11.1 Å². The Bertz CT molecular complexity index is 729. The number of aryl methyl sites for hydroxylation is 2. The molecule has 0 fully saturated rings. The van der Waals surface area contributed by atoms with Crippen molar-refractivity contribution in [2.75, 3.05) is 0 Å². The molecular weight excluding hydrogens is 278 g/mol. The van der Waals surface area contributed by atoms with Crippen LogP contribution in [-0.2, 0) is 12.4 Å². The number of nitrogens with zero attached hydrogens (tertiary/aromatic N) is 3. The van der Waals surface area contributed by atoms with Gasteiger partial charge in [-0.25, -0.2) is 9.97 Å². The number of halogens is 1. The highest BCUT2D eigenvalue weighted by atomic mass is 35.5. The second kappa shape index (κ2) is 4.94. The molecule has 0 spiro atoms. The number of rotatable bonds is 3. The van der Waals surface area contributed by atoms with Crippen LogP contribution in [-0.4, -0.2) is 14.5 Å². The van der Waals surface area contributed by atoms with Crippen LogP contribution in [0.3, 0.4) is 0 Å². The first-order chi connectivity index (χ1) is 9.20. The number of hydrogen-bond acceptors (Lipinski definition) is 3. The highest BCUT2D eigenvalue weighted by molar-refractivity contribution is 7.08. The molecule has 19 heavy (non-hydrogen) atoms. The average molecular weight is 292 g/mol. The number of thiophene rings is 1. The van der Waals surface area contributed by atoms with Gasteiger partial charge in [-0.3, -0.25) is 0 Å². The second-order valence-electron chi connectivity index (χ2n) is 4.63. The van der Waals surface area contributed by atoms with Crippen LogP contribution in [0, 0.1) is 13.8 Å². The lowest BCUT2D eigenvalue weighted by molar-refractivity contribution is 0.769. The summed E-state index contributed by atoms with van der Waals surface area (Å²) in [4.78, 5) is 9.08. The highest BCUT2D eigenvalue weighted by Crippen LogP contribution is 2.22. The smallest absolute Gasteiger partial charge is 0.160 e. The number of hydrogen-bond donors (Lipinski definition) is 0. The summed E-state index contributed by atoms with van der Waals surface area (Å²) < 4.78 is 2.12. The predicted molar refractivity (Wildman–Crippen MR) is 80.0 cm³/mol. The maximum Gasteiger partial charge on any atom is 0.160 e. The Balaban J connectivity index is 2.16. The molecule has 0 aliphatic carbocycles. The van der Waals surface area contributed by atoms with E-state index in [1.54, 1.807) is 11.3 Å². The van der Waals surface area contributed by atoms with Crippen molar-refractivity contribution < 1.29 is 0 Å². The predicted octanol–water partition coefficient (Wildman–Crippen LogP) is 3.90. The number of alkyl halides is 1. The van der Waals surface area contributed by atoms with Gasteiger partial charge in [0.25, 0.3) is 0 Å². The molecule has 3 heterocycles. The van der Waals surface area contributed by atoms with Crippen LogP contribution in [0.15, 0.2) is 23.0 Å². The Labute approximate surface area is 120 Å². The van der Waals surface area contributed by atoms with Crippen molar-refractivity contribution in [2.45, 2.75) is 26.3 Å². The third-order valence-corrected chi connectivity index (χ3v) is 4.47. The summed E-state index contributed by atoms with van der Waals surface area (Å²) in [6, 6.07) is 1.98. The number of aromatic nitrogens is 3. The lowest BCUT2D eigenvalue weighted by atomic mass is 10.2. The quantitative estimate of drug-likeness (QED) is 0.685. The molecular formula is C14H14ClN3S. The highest BCUT2D eigenvalue weighted by Gasteiger charge is 2.13. The number of fused-ring (bicyclic) bond motifs is 1. The summed E-state index contributed by atoms with van der Waals surface area (Å²) in [5, 5.41) is 4.34. The van der Waals surface area contributed by atoms with Gasteiger partial charge in [-0.05, 0) is 47.4 Å². The number of imidazole rings is 1.